The van der Waals surface area contributed by atoms with Crippen LogP contribution in [0.2, 0.25) is 0 Å². The van der Waals surface area contributed by atoms with Gasteiger partial charge in [-0.25, -0.2) is 4.79 Å². The van der Waals surface area contributed by atoms with E-state index < -0.39 is 48.0 Å². The molecule has 4 atom stereocenters. The molecular formula is C32H73N7O8. The minimum absolute atomic E-state index is 0. The zero-order valence-corrected chi connectivity index (χ0v) is 24.9. The van der Waals surface area contributed by atoms with E-state index in [2.05, 4.69) is 16.0 Å². The maximum atomic E-state index is 12.9. The van der Waals surface area contributed by atoms with Gasteiger partial charge >= 0.3 is 11.9 Å². The Morgan fingerprint density at radius 2 is 1.19 bits per heavy atom. The van der Waals surface area contributed by atoms with Crippen molar-refractivity contribution in [2.75, 3.05) is 39.4 Å². The Bertz CT molecular complexity index is 805. The first-order chi connectivity index (χ1) is 20.1. The minimum Gasteiger partial charge on any atom is -0.463 e. The lowest BCUT2D eigenvalue weighted by Crippen LogP contribution is -2.51. The average molecular weight is 684 g/mol. The van der Waals surface area contributed by atoms with Crippen LogP contribution in [-0.2, 0) is 33.4 Å². The van der Waals surface area contributed by atoms with Gasteiger partial charge in [-0.1, -0.05) is 50.0 Å². The maximum absolute atomic E-state index is 12.9. The van der Waals surface area contributed by atoms with E-state index in [0.29, 0.717) is 51.7 Å². The quantitative estimate of drug-likeness (QED) is 0.0499. The largest absolute Gasteiger partial charge is 0.463 e. The van der Waals surface area contributed by atoms with Crippen molar-refractivity contribution in [1.82, 2.24) is 16.0 Å². The molecule has 0 fully saturated rings. The van der Waals surface area contributed by atoms with Crippen molar-refractivity contribution < 1.29 is 38.6 Å². The Hall–Kier alpha value is -2.85. The van der Waals surface area contributed by atoms with Gasteiger partial charge in [0.2, 0.25) is 17.7 Å². The van der Waals surface area contributed by atoms with E-state index in [1.54, 1.807) is 0 Å². The van der Waals surface area contributed by atoms with Crippen molar-refractivity contribution in [3.05, 3.63) is 0 Å². The van der Waals surface area contributed by atoms with Crippen molar-refractivity contribution in [2.45, 2.75) is 139 Å². The zero-order chi connectivity index (χ0) is 31.8. The van der Waals surface area contributed by atoms with Crippen LogP contribution in [0, 0.1) is 0 Å². The highest BCUT2D eigenvalue weighted by molar-refractivity contribution is 5.89. The molecule has 15 heteroatoms. The molecular weight excluding hydrogens is 610 g/mol. The smallest absolute Gasteiger partial charge is 0.347 e. The van der Waals surface area contributed by atoms with Crippen LogP contribution >= 0.6 is 0 Å². The second-order valence-electron chi connectivity index (χ2n) is 10.0. The Morgan fingerprint density at radius 1 is 0.681 bits per heavy atom. The second-order valence-corrected chi connectivity index (χ2v) is 10.0. The molecule has 15 nitrogen and oxygen atoms in total. The Labute approximate surface area is 285 Å². The molecule has 3 amide bonds. The minimum atomic E-state index is -1.14. The summed E-state index contributed by atoms with van der Waals surface area (Å²) in [5.74, 6) is -2.69. The van der Waals surface area contributed by atoms with Crippen LogP contribution in [0.15, 0.2) is 0 Å². The first-order valence-electron chi connectivity index (χ1n) is 14.8. The predicted molar refractivity (Wildman–Crippen MR) is 190 cm³/mol. The number of aliphatic hydroxyl groups is 1. The van der Waals surface area contributed by atoms with Gasteiger partial charge in [-0.2, -0.15) is 0 Å². The summed E-state index contributed by atoms with van der Waals surface area (Å²) in [5.41, 5.74) is 22.8. The fourth-order valence-corrected chi connectivity index (χ4v) is 3.71. The summed E-state index contributed by atoms with van der Waals surface area (Å²) in [5, 5.41) is 16.8. The number of unbranched alkanes of at least 4 members (excludes halogenated alkanes) is 3. The molecule has 0 aromatic rings. The number of ether oxygens (including phenoxy) is 2. The van der Waals surface area contributed by atoms with Crippen molar-refractivity contribution in [2.24, 2.45) is 22.9 Å². The number of hydrogen-bond donors (Lipinski definition) is 8. The summed E-state index contributed by atoms with van der Waals surface area (Å²) < 4.78 is 9.88. The molecule has 0 heterocycles. The molecule has 4 unspecified atom stereocenters. The number of carbonyl (C=O) groups excluding carboxylic acids is 5. The third-order valence-corrected chi connectivity index (χ3v) is 6.28. The van der Waals surface area contributed by atoms with Crippen LogP contribution in [0.1, 0.15) is 115 Å². The van der Waals surface area contributed by atoms with E-state index in [1.165, 1.54) is 6.92 Å². The molecule has 0 aliphatic rings. The van der Waals surface area contributed by atoms with Gasteiger partial charge < -0.3 is 53.5 Å². The van der Waals surface area contributed by atoms with Crippen LogP contribution in [0.25, 0.3) is 0 Å². The normalized spacial score (nSPS) is 12.3. The molecule has 0 aromatic heterocycles. The Balaban J connectivity index is -0.000000840. The Kier molecular flexibility index (Phi) is 43.3. The zero-order valence-electron chi connectivity index (χ0n) is 24.9. The number of carbonyl (C=O) groups is 5. The average Bonchev–Trinajstić information content (AvgIpc) is 2.96. The van der Waals surface area contributed by atoms with Gasteiger partial charge in [0.1, 0.15) is 6.04 Å². The van der Waals surface area contributed by atoms with Crippen LogP contribution in [0.5, 0.6) is 0 Å². The number of amides is 3. The first kappa shape index (κ1) is 56.5. The highest BCUT2D eigenvalue weighted by Gasteiger charge is 2.24. The summed E-state index contributed by atoms with van der Waals surface area (Å²) in [6.07, 6.45) is 4.17. The van der Waals surface area contributed by atoms with Gasteiger partial charge in [0.05, 0.1) is 25.1 Å². The van der Waals surface area contributed by atoms with Crippen molar-refractivity contribution >= 4 is 29.7 Å². The second kappa shape index (κ2) is 36.0. The molecule has 0 aliphatic carbocycles. The summed E-state index contributed by atoms with van der Waals surface area (Å²) in [6.45, 7) is 2.54. The van der Waals surface area contributed by atoms with E-state index in [-0.39, 0.29) is 82.1 Å². The first-order valence-corrected chi connectivity index (χ1v) is 14.8. The van der Waals surface area contributed by atoms with E-state index >= 15 is 0 Å². The summed E-state index contributed by atoms with van der Waals surface area (Å²) in [7, 11) is 0. The molecule has 0 rings (SSSR count). The number of aliphatic hydroxyl groups excluding tert-OH is 1. The molecule has 0 aromatic carbocycles. The highest BCUT2D eigenvalue weighted by atomic mass is 16.6. The number of nitrogens with one attached hydrogen (secondary N) is 3. The van der Waals surface area contributed by atoms with Crippen molar-refractivity contribution in [3.63, 3.8) is 0 Å². The molecule has 0 aliphatic heterocycles. The summed E-state index contributed by atoms with van der Waals surface area (Å²) in [6, 6.07) is -2.33. The lowest BCUT2D eigenvalue weighted by atomic mass is 10.1. The van der Waals surface area contributed by atoms with Gasteiger partial charge in [0, 0.05) is 26.1 Å². The molecule has 12 N–H and O–H groups in total. The van der Waals surface area contributed by atoms with E-state index in [9.17, 15) is 24.0 Å². The topological polar surface area (TPSA) is 264 Å². The molecule has 0 radical (unpaired) electrons. The van der Waals surface area contributed by atoms with Crippen molar-refractivity contribution in [1.29, 1.82) is 0 Å². The third kappa shape index (κ3) is 29.1. The van der Waals surface area contributed by atoms with Gasteiger partial charge in [0.15, 0.2) is 6.10 Å². The SMILES string of the molecule is C.C.C.C.C.CC(OC(=O)CCNC(=O)C(CCCCNC(=O)C(N)CCCCN)NC(=O)C(N)CCCCN)C(=O)OCCCO. The van der Waals surface area contributed by atoms with Crippen LogP contribution in [0.3, 0.4) is 0 Å². The number of nitrogens with two attached hydrogens (primary N) is 4. The third-order valence-electron chi connectivity index (χ3n) is 6.28. The van der Waals surface area contributed by atoms with Crippen LogP contribution in [0.4, 0.5) is 0 Å². The lowest BCUT2D eigenvalue weighted by Gasteiger charge is -2.21. The molecule has 0 saturated heterocycles. The van der Waals surface area contributed by atoms with Gasteiger partial charge in [-0.15, -0.1) is 0 Å². The molecule has 0 bridgehead atoms. The lowest BCUT2D eigenvalue weighted by molar-refractivity contribution is -0.166. The van der Waals surface area contributed by atoms with E-state index in [4.69, 9.17) is 37.5 Å². The Morgan fingerprint density at radius 3 is 1.72 bits per heavy atom. The maximum Gasteiger partial charge on any atom is 0.347 e. The van der Waals surface area contributed by atoms with E-state index in [0.717, 1.165) is 19.3 Å². The molecule has 0 spiro atoms. The summed E-state index contributed by atoms with van der Waals surface area (Å²) in [4.78, 5) is 61.5. The molecule has 284 valence electrons. The summed E-state index contributed by atoms with van der Waals surface area (Å²) >= 11 is 0. The standard InChI is InChI=1S/C27H53N7O8.5CH4/c1-19(27(40)41-18-8-17-35)42-23(36)12-16-33-26(39)22(34-25(38)21(31)10-3-6-14-29)11-4-7-15-32-24(37)20(30)9-2-5-13-28;;;;;/h19-22,35H,2-18,28-31H2,1H3,(H,32,37)(H,33,39)(H,34,38);5*1H4. The monoisotopic (exact) mass is 684 g/mol. The molecule has 0 saturated carbocycles. The predicted octanol–water partition coefficient (Wildman–Crippen LogP) is 1.21. The number of rotatable bonds is 25. The molecule has 47 heavy (non-hydrogen) atoms. The fourth-order valence-electron chi connectivity index (χ4n) is 3.71. The number of hydrogen-bond acceptors (Lipinski definition) is 12. The fraction of sp³-hybridized carbons (Fsp3) is 0.844. The number of esters is 2. The van der Waals surface area contributed by atoms with Gasteiger partial charge in [-0.3, -0.25) is 19.2 Å². The van der Waals surface area contributed by atoms with Crippen LogP contribution < -0.4 is 38.9 Å². The van der Waals surface area contributed by atoms with Gasteiger partial charge in [-0.05, 0) is 65.0 Å². The van der Waals surface area contributed by atoms with Gasteiger partial charge in [0.25, 0.3) is 0 Å². The van der Waals surface area contributed by atoms with E-state index in [1.807, 2.05) is 0 Å². The van der Waals surface area contributed by atoms with Crippen LogP contribution in [-0.4, -0.2) is 98.4 Å². The van der Waals surface area contributed by atoms with Crippen molar-refractivity contribution in [3.8, 4) is 0 Å². The highest BCUT2D eigenvalue weighted by Crippen LogP contribution is 2.05.